The van der Waals surface area contributed by atoms with E-state index in [1.54, 1.807) is 24.4 Å². The van der Waals surface area contributed by atoms with Crippen molar-refractivity contribution in [1.82, 2.24) is 4.98 Å². The lowest BCUT2D eigenvalue weighted by Crippen LogP contribution is -2.09. The fourth-order valence-corrected chi connectivity index (χ4v) is 1.24. The van der Waals surface area contributed by atoms with Crippen molar-refractivity contribution in [3.63, 3.8) is 0 Å². The molecule has 2 N–H and O–H groups in total. The minimum Gasteiger partial charge on any atom is -0.300 e. The number of non-ortho nitro benzene ring substituents is 1. The van der Waals surface area contributed by atoms with Gasteiger partial charge in [0, 0.05) is 18.3 Å². The highest BCUT2D eigenvalue weighted by Gasteiger charge is 2.03. The lowest BCUT2D eigenvalue weighted by molar-refractivity contribution is -0.384. The van der Waals surface area contributed by atoms with Crippen molar-refractivity contribution in [1.29, 1.82) is 0 Å². The third-order valence-corrected chi connectivity index (χ3v) is 2.08. The number of hydrogen-bond donors (Lipinski definition) is 2. The summed E-state index contributed by atoms with van der Waals surface area (Å²) in [4.78, 5) is 14.1. The molecule has 2 rings (SSSR count). The zero-order valence-corrected chi connectivity index (χ0v) is 8.83. The van der Waals surface area contributed by atoms with E-state index in [1.165, 1.54) is 12.1 Å². The van der Waals surface area contributed by atoms with Gasteiger partial charge >= 0.3 is 0 Å². The minimum absolute atomic E-state index is 0.0633. The van der Waals surface area contributed by atoms with Crippen molar-refractivity contribution in [3.05, 3.63) is 58.8 Å². The highest BCUT2D eigenvalue weighted by Crippen LogP contribution is 2.15. The summed E-state index contributed by atoms with van der Waals surface area (Å²) >= 11 is 0. The molecule has 0 bridgehead atoms. The molecule has 1 aromatic carbocycles. The summed E-state index contributed by atoms with van der Waals surface area (Å²) in [6, 6.07) is 11.6. The van der Waals surface area contributed by atoms with Gasteiger partial charge in [0.2, 0.25) is 0 Å². The zero-order valence-electron chi connectivity index (χ0n) is 8.83. The number of hydrogen-bond acceptors (Lipinski definition) is 5. The fraction of sp³-hybridized carbons (Fsp3) is 0. The van der Waals surface area contributed by atoms with E-state index in [0.29, 0.717) is 5.82 Å². The molecule has 17 heavy (non-hydrogen) atoms. The van der Waals surface area contributed by atoms with Gasteiger partial charge in [0.05, 0.1) is 10.6 Å². The van der Waals surface area contributed by atoms with Crippen molar-refractivity contribution in [2.45, 2.75) is 0 Å². The van der Waals surface area contributed by atoms with Crippen molar-refractivity contribution in [2.24, 2.45) is 0 Å². The van der Waals surface area contributed by atoms with Gasteiger partial charge in [0.1, 0.15) is 5.82 Å². The topological polar surface area (TPSA) is 80.1 Å². The summed E-state index contributed by atoms with van der Waals surface area (Å²) in [5, 5.41) is 10.5. The summed E-state index contributed by atoms with van der Waals surface area (Å²) < 4.78 is 0. The van der Waals surface area contributed by atoms with Gasteiger partial charge in [0.15, 0.2) is 0 Å². The monoisotopic (exact) mass is 230 g/mol. The number of nitro benzene ring substituents is 1. The zero-order chi connectivity index (χ0) is 12.1. The van der Waals surface area contributed by atoms with Gasteiger partial charge in [-0.3, -0.25) is 21.0 Å². The molecule has 0 aliphatic carbocycles. The summed E-state index contributed by atoms with van der Waals surface area (Å²) in [7, 11) is 0. The number of nitro groups is 1. The Hall–Kier alpha value is -2.63. The van der Waals surface area contributed by atoms with Crippen LogP contribution in [0.5, 0.6) is 0 Å². The SMILES string of the molecule is O=[N+]([O-])c1ccc(NNc2ccccn2)cc1. The van der Waals surface area contributed by atoms with Crippen LogP contribution in [0, 0.1) is 10.1 Å². The first-order chi connectivity index (χ1) is 8.25. The quantitative estimate of drug-likeness (QED) is 0.622. The van der Waals surface area contributed by atoms with Gasteiger partial charge in [-0.15, -0.1) is 0 Å². The van der Waals surface area contributed by atoms with E-state index in [4.69, 9.17) is 0 Å². The number of anilines is 2. The molecule has 1 heterocycles. The molecule has 0 fully saturated rings. The Morgan fingerprint density at radius 1 is 1.06 bits per heavy atom. The molecular formula is C11H10N4O2. The number of nitrogens with zero attached hydrogens (tertiary/aromatic N) is 2. The maximum Gasteiger partial charge on any atom is 0.269 e. The summed E-state index contributed by atoms with van der Waals surface area (Å²) in [5.74, 6) is 0.672. The van der Waals surface area contributed by atoms with Crippen LogP contribution in [0.1, 0.15) is 0 Å². The molecule has 0 amide bonds. The Morgan fingerprint density at radius 2 is 1.82 bits per heavy atom. The number of nitrogens with one attached hydrogen (secondary N) is 2. The molecule has 86 valence electrons. The van der Waals surface area contributed by atoms with Crippen LogP contribution in [0.15, 0.2) is 48.7 Å². The summed E-state index contributed by atoms with van der Waals surface area (Å²) in [6.07, 6.45) is 1.67. The van der Waals surface area contributed by atoms with E-state index in [-0.39, 0.29) is 5.69 Å². The average Bonchev–Trinajstić information content (AvgIpc) is 2.38. The van der Waals surface area contributed by atoms with E-state index in [2.05, 4.69) is 15.8 Å². The Kier molecular flexibility index (Phi) is 3.15. The third-order valence-electron chi connectivity index (χ3n) is 2.08. The normalized spacial score (nSPS) is 9.65. The molecule has 0 saturated heterocycles. The number of aromatic nitrogens is 1. The molecule has 0 aliphatic heterocycles. The second kappa shape index (κ2) is 4.93. The van der Waals surface area contributed by atoms with E-state index in [0.717, 1.165) is 5.69 Å². The standard InChI is InChI=1S/C11H10N4O2/c16-15(17)10-6-4-9(5-7-10)13-14-11-3-1-2-8-12-11/h1-8,13H,(H,12,14). The van der Waals surface area contributed by atoms with E-state index in [9.17, 15) is 10.1 Å². The number of rotatable bonds is 4. The third kappa shape index (κ3) is 2.91. The number of hydrazine groups is 1. The average molecular weight is 230 g/mol. The molecule has 0 radical (unpaired) electrons. The Bertz CT molecular complexity index is 499. The van der Waals surface area contributed by atoms with Crippen LogP contribution < -0.4 is 10.9 Å². The molecular weight excluding hydrogens is 220 g/mol. The molecule has 0 saturated carbocycles. The largest absolute Gasteiger partial charge is 0.300 e. The van der Waals surface area contributed by atoms with Crippen LogP contribution in [0.25, 0.3) is 0 Å². The lowest BCUT2D eigenvalue weighted by Gasteiger charge is -2.07. The minimum atomic E-state index is -0.435. The van der Waals surface area contributed by atoms with Gasteiger partial charge in [-0.1, -0.05) is 6.07 Å². The van der Waals surface area contributed by atoms with Gasteiger partial charge in [-0.2, -0.15) is 0 Å². The Balaban J connectivity index is 1.98. The number of benzene rings is 1. The predicted molar refractivity (Wildman–Crippen MR) is 64.6 cm³/mol. The molecule has 6 heteroatoms. The van der Waals surface area contributed by atoms with Crippen molar-refractivity contribution >= 4 is 17.2 Å². The van der Waals surface area contributed by atoms with E-state index in [1.807, 2.05) is 12.1 Å². The first-order valence-electron chi connectivity index (χ1n) is 4.93. The molecule has 0 atom stereocenters. The second-order valence-corrected chi connectivity index (χ2v) is 3.27. The van der Waals surface area contributed by atoms with Crippen LogP contribution >= 0.6 is 0 Å². The van der Waals surface area contributed by atoms with Crippen molar-refractivity contribution in [3.8, 4) is 0 Å². The maximum atomic E-state index is 10.5. The van der Waals surface area contributed by atoms with Crippen LogP contribution in [0.2, 0.25) is 0 Å². The van der Waals surface area contributed by atoms with Gasteiger partial charge in [-0.25, -0.2) is 4.98 Å². The van der Waals surface area contributed by atoms with E-state index < -0.39 is 4.92 Å². The Labute approximate surface area is 97.4 Å². The molecule has 0 aliphatic rings. The molecule has 2 aromatic rings. The van der Waals surface area contributed by atoms with Crippen LogP contribution in [0.4, 0.5) is 17.2 Å². The molecule has 6 nitrogen and oxygen atoms in total. The molecule has 1 aromatic heterocycles. The lowest BCUT2D eigenvalue weighted by atomic mass is 10.3. The van der Waals surface area contributed by atoms with Crippen molar-refractivity contribution < 1.29 is 4.92 Å². The fourth-order valence-electron chi connectivity index (χ4n) is 1.24. The van der Waals surface area contributed by atoms with Gasteiger partial charge in [-0.05, 0) is 24.3 Å². The van der Waals surface area contributed by atoms with Crippen LogP contribution in [-0.4, -0.2) is 9.91 Å². The first-order valence-corrected chi connectivity index (χ1v) is 4.93. The van der Waals surface area contributed by atoms with Crippen LogP contribution in [0.3, 0.4) is 0 Å². The predicted octanol–water partition coefficient (Wildman–Crippen LogP) is 2.43. The first kappa shape index (κ1) is 10.9. The van der Waals surface area contributed by atoms with Gasteiger partial charge < -0.3 is 0 Å². The maximum absolute atomic E-state index is 10.5. The van der Waals surface area contributed by atoms with E-state index >= 15 is 0 Å². The molecule has 0 spiro atoms. The summed E-state index contributed by atoms with van der Waals surface area (Å²) in [6.45, 7) is 0. The highest BCUT2D eigenvalue weighted by atomic mass is 16.6. The van der Waals surface area contributed by atoms with Gasteiger partial charge in [0.25, 0.3) is 5.69 Å². The smallest absolute Gasteiger partial charge is 0.269 e. The highest BCUT2D eigenvalue weighted by molar-refractivity contribution is 5.52. The second-order valence-electron chi connectivity index (χ2n) is 3.27. The van der Waals surface area contributed by atoms with Crippen molar-refractivity contribution in [2.75, 3.05) is 10.9 Å². The summed E-state index contributed by atoms with van der Waals surface area (Å²) in [5.41, 5.74) is 6.56. The molecule has 0 unspecified atom stereocenters. The number of pyridine rings is 1. The Morgan fingerprint density at radius 3 is 2.41 bits per heavy atom. The van der Waals surface area contributed by atoms with Crippen LogP contribution in [-0.2, 0) is 0 Å².